The summed E-state index contributed by atoms with van der Waals surface area (Å²) in [6.45, 7) is 8.99. The number of ether oxygens (including phenoxy) is 1. The standard InChI is InChI=1S/C13H20O/c1-9-12(2)7-5-4-6-10(12)8-11-13(9,3)14-11/h10-11H,1,4-8H2,2-3H3/t10-,11-,12-,13+/m0/s1. The Bertz CT molecular complexity index is 296. The van der Waals surface area contributed by atoms with Crippen LogP contribution in [0.15, 0.2) is 12.2 Å². The summed E-state index contributed by atoms with van der Waals surface area (Å²) in [7, 11) is 0. The van der Waals surface area contributed by atoms with Gasteiger partial charge in [-0.1, -0.05) is 26.3 Å². The Morgan fingerprint density at radius 1 is 1.36 bits per heavy atom. The topological polar surface area (TPSA) is 12.5 Å². The minimum atomic E-state index is 0.0581. The Balaban J connectivity index is 1.96. The number of hydrogen-bond acceptors (Lipinski definition) is 1. The monoisotopic (exact) mass is 192 g/mol. The average Bonchev–Trinajstić information content (AvgIpc) is 2.81. The fourth-order valence-electron chi connectivity index (χ4n) is 3.81. The molecule has 0 bridgehead atoms. The summed E-state index contributed by atoms with van der Waals surface area (Å²) in [5, 5.41) is 0. The molecule has 78 valence electrons. The normalized spacial score (nSPS) is 56.3. The molecule has 1 aliphatic heterocycles. The Hall–Kier alpha value is -0.300. The molecule has 0 aromatic carbocycles. The molecule has 3 fully saturated rings. The molecule has 4 atom stereocenters. The average molecular weight is 192 g/mol. The van der Waals surface area contributed by atoms with Crippen LogP contribution in [-0.4, -0.2) is 11.7 Å². The van der Waals surface area contributed by atoms with Gasteiger partial charge in [-0.3, -0.25) is 0 Å². The van der Waals surface area contributed by atoms with Gasteiger partial charge < -0.3 is 4.74 Å². The van der Waals surface area contributed by atoms with E-state index in [0.717, 1.165) is 5.92 Å². The van der Waals surface area contributed by atoms with Crippen LogP contribution >= 0.6 is 0 Å². The van der Waals surface area contributed by atoms with Gasteiger partial charge >= 0.3 is 0 Å². The van der Waals surface area contributed by atoms with Crippen LogP contribution in [0.4, 0.5) is 0 Å². The number of hydrogen-bond donors (Lipinski definition) is 0. The largest absolute Gasteiger partial charge is 0.362 e. The maximum atomic E-state index is 5.84. The lowest BCUT2D eigenvalue weighted by Gasteiger charge is -2.47. The van der Waals surface area contributed by atoms with E-state index in [1.54, 1.807) is 0 Å². The van der Waals surface area contributed by atoms with Gasteiger partial charge in [0.05, 0.1) is 6.10 Å². The molecule has 3 aliphatic rings. The van der Waals surface area contributed by atoms with Crippen LogP contribution in [0.3, 0.4) is 0 Å². The molecule has 0 radical (unpaired) electrons. The van der Waals surface area contributed by atoms with Gasteiger partial charge in [0.2, 0.25) is 0 Å². The van der Waals surface area contributed by atoms with Crippen LogP contribution in [-0.2, 0) is 4.74 Å². The van der Waals surface area contributed by atoms with E-state index in [9.17, 15) is 0 Å². The lowest BCUT2D eigenvalue weighted by molar-refractivity contribution is 0.122. The van der Waals surface area contributed by atoms with Crippen molar-refractivity contribution in [3.63, 3.8) is 0 Å². The Morgan fingerprint density at radius 2 is 2.14 bits per heavy atom. The molecule has 3 rings (SSSR count). The SMILES string of the molecule is C=C1[C@]2(C)CCCC[C@H]2C[C@@H]2O[C@]12C. The first-order valence-electron chi connectivity index (χ1n) is 5.95. The maximum absolute atomic E-state index is 5.84. The maximum Gasteiger partial charge on any atom is 0.113 e. The molecule has 0 spiro atoms. The van der Waals surface area contributed by atoms with Crippen LogP contribution in [0.1, 0.15) is 46.0 Å². The molecule has 1 heteroatoms. The predicted molar refractivity (Wildman–Crippen MR) is 57.1 cm³/mol. The lowest BCUT2D eigenvalue weighted by Crippen LogP contribution is -2.42. The van der Waals surface area contributed by atoms with Crippen molar-refractivity contribution in [2.24, 2.45) is 11.3 Å². The molecule has 2 saturated carbocycles. The van der Waals surface area contributed by atoms with E-state index < -0.39 is 0 Å². The first-order chi connectivity index (χ1) is 6.57. The van der Waals surface area contributed by atoms with E-state index in [2.05, 4.69) is 20.4 Å². The highest BCUT2D eigenvalue weighted by atomic mass is 16.6. The first kappa shape index (κ1) is 8.96. The predicted octanol–water partition coefficient (Wildman–Crippen LogP) is 3.30. The molecular weight excluding hydrogens is 172 g/mol. The quantitative estimate of drug-likeness (QED) is 0.424. The van der Waals surface area contributed by atoms with E-state index in [1.807, 2.05) is 0 Å². The van der Waals surface area contributed by atoms with E-state index in [0.29, 0.717) is 11.5 Å². The molecule has 0 N–H and O–H groups in total. The van der Waals surface area contributed by atoms with Crippen LogP contribution in [0.25, 0.3) is 0 Å². The van der Waals surface area contributed by atoms with Gasteiger partial charge in [0.25, 0.3) is 0 Å². The van der Waals surface area contributed by atoms with Crippen LogP contribution in [0.2, 0.25) is 0 Å². The highest BCUT2D eigenvalue weighted by Crippen LogP contribution is 2.63. The van der Waals surface area contributed by atoms with Gasteiger partial charge in [0.1, 0.15) is 5.60 Å². The second-order valence-electron chi connectivity index (χ2n) is 5.79. The number of fused-ring (bicyclic) bond motifs is 2. The molecule has 14 heavy (non-hydrogen) atoms. The van der Waals surface area contributed by atoms with Crippen molar-refractivity contribution < 1.29 is 4.74 Å². The summed E-state index contributed by atoms with van der Waals surface area (Å²) in [6.07, 6.45) is 7.31. The van der Waals surface area contributed by atoms with Gasteiger partial charge in [-0.15, -0.1) is 0 Å². The molecule has 0 aromatic heterocycles. The van der Waals surface area contributed by atoms with Crippen molar-refractivity contribution in [3.05, 3.63) is 12.2 Å². The van der Waals surface area contributed by atoms with Crippen molar-refractivity contribution in [1.82, 2.24) is 0 Å². The zero-order chi connectivity index (χ0) is 9.97. The number of epoxide rings is 1. The molecule has 1 nitrogen and oxygen atoms in total. The third kappa shape index (κ3) is 0.894. The fourth-order valence-corrected chi connectivity index (χ4v) is 3.81. The highest BCUT2D eigenvalue weighted by molar-refractivity contribution is 5.34. The van der Waals surface area contributed by atoms with Gasteiger partial charge in [0.15, 0.2) is 0 Å². The molecule has 0 aromatic rings. The van der Waals surface area contributed by atoms with Crippen LogP contribution in [0.5, 0.6) is 0 Å². The molecular formula is C13H20O. The Kier molecular flexibility index (Phi) is 1.56. The van der Waals surface area contributed by atoms with Crippen molar-refractivity contribution in [3.8, 4) is 0 Å². The lowest BCUT2D eigenvalue weighted by atomic mass is 9.56. The second-order valence-corrected chi connectivity index (χ2v) is 5.79. The van der Waals surface area contributed by atoms with E-state index in [-0.39, 0.29) is 5.60 Å². The Labute approximate surface area is 86.5 Å². The third-order valence-electron chi connectivity index (χ3n) is 5.13. The van der Waals surface area contributed by atoms with Gasteiger partial charge in [-0.05, 0) is 43.1 Å². The van der Waals surface area contributed by atoms with E-state index >= 15 is 0 Å². The molecule has 2 aliphatic carbocycles. The summed E-state index contributed by atoms with van der Waals surface area (Å²) in [5.74, 6) is 0.851. The highest BCUT2D eigenvalue weighted by Gasteiger charge is 2.64. The third-order valence-corrected chi connectivity index (χ3v) is 5.13. The van der Waals surface area contributed by atoms with Crippen molar-refractivity contribution >= 4 is 0 Å². The van der Waals surface area contributed by atoms with Crippen LogP contribution < -0.4 is 0 Å². The zero-order valence-corrected chi connectivity index (χ0v) is 9.31. The summed E-state index contributed by atoms with van der Waals surface area (Å²) >= 11 is 0. The van der Waals surface area contributed by atoms with Gasteiger partial charge in [-0.2, -0.15) is 0 Å². The molecule has 0 unspecified atom stereocenters. The van der Waals surface area contributed by atoms with Gasteiger partial charge in [-0.25, -0.2) is 0 Å². The molecule has 0 amide bonds. The summed E-state index contributed by atoms with van der Waals surface area (Å²) in [6, 6.07) is 0. The summed E-state index contributed by atoms with van der Waals surface area (Å²) in [5.41, 5.74) is 1.84. The van der Waals surface area contributed by atoms with Crippen molar-refractivity contribution in [2.75, 3.05) is 0 Å². The second kappa shape index (κ2) is 2.44. The molecule has 1 saturated heterocycles. The van der Waals surface area contributed by atoms with E-state index in [1.165, 1.54) is 37.7 Å². The smallest absolute Gasteiger partial charge is 0.113 e. The minimum absolute atomic E-state index is 0.0581. The summed E-state index contributed by atoms with van der Waals surface area (Å²) in [4.78, 5) is 0. The summed E-state index contributed by atoms with van der Waals surface area (Å²) < 4.78 is 5.84. The van der Waals surface area contributed by atoms with Crippen molar-refractivity contribution in [1.29, 1.82) is 0 Å². The molecule has 1 heterocycles. The van der Waals surface area contributed by atoms with Gasteiger partial charge in [0, 0.05) is 0 Å². The minimum Gasteiger partial charge on any atom is -0.362 e. The Morgan fingerprint density at radius 3 is 2.93 bits per heavy atom. The van der Waals surface area contributed by atoms with E-state index in [4.69, 9.17) is 4.74 Å². The zero-order valence-electron chi connectivity index (χ0n) is 9.31. The fraction of sp³-hybridized carbons (Fsp3) is 0.846. The first-order valence-corrected chi connectivity index (χ1v) is 5.95. The number of rotatable bonds is 0. The van der Waals surface area contributed by atoms with Crippen molar-refractivity contribution in [2.45, 2.75) is 57.7 Å². The van der Waals surface area contributed by atoms with Crippen LogP contribution in [0, 0.1) is 11.3 Å².